The Labute approximate surface area is 185 Å². The van der Waals surface area contributed by atoms with Crippen molar-refractivity contribution < 1.29 is 35.3 Å². The van der Waals surface area contributed by atoms with Crippen LogP contribution in [0.3, 0.4) is 0 Å². The van der Waals surface area contributed by atoms with Gasteiger partial charge >= 0.3 is 41.8 Å². The standard InChI is InChI=1S/C21H22F3NO.2ClH.Ti/c1-14-10-17(21(22,23)24)12-18(11-14)25-13-16-8-5-9-19(20(16)26)15-6-3-2-4-7-15;;;/h5,8-13,15,26H,2-4,6-7H2,1H3;2*1H;/q;;;+2/p-2. The third kappa shape index (κ3) is 7.32. The first-order chi connectivity index (χ1) is 13.8. The number of benzene rings is 2. The van der Waals surface area contributed by atoms with Gasteiger partial charge in [-0.05, 0) is 61.1 Å². The van der Waals surface area contributed by atoms with Gasteiger partial charge in [0.25, 0.3) is 0 Å². The first kappa shape index (κ1) is 24.3. The molecule has 0 spiro atoms. The van der Waals surface area contributed by atoms with E-state index in [0.29, 0.717) is 17.0 Å². The molecule has 1 aliphatic carbocycles. The molecule has 1 aliphatic rings. The van der Waals surface area contributed by atoms with Crippen LogP contribution in [0, 0.1) is 6.92 Å². The van der Waals surface area contributed by atoms with Crippen molar-refractivity contribution in [3.63, 3.8) is 0 Å². The summed E-state index contributed by atoms with van der Waals surface area (Å²) in [6, 6.07) is 9.23. The van der Waals surface area contributed by atoms with E-state index in [9.17, 15) is 18.3 Å². The number of phenols is 1. The summed E-state index contributed by atoms with van der Waals surface area (Å²) in [5.74, 6) is 0.528. The maximum absolute atomic E-state index is 12.9. The van der Waals surface area contributed by atoms with Crippen molar-refractivity contribution in [2.24, 2.45) is 4.99 Å². The van der Waals surface area contributed by atoms with Crippen molar-refractivity contribution in [1.29, 1.82) is 0 Å². The van der Waals surface area contributed by atoms with Gasteiger partial charge in [0.15, 0.2) is 0 Å². The predicted octanol–water partition coefficient (Wildman–Crippen LogP) is 7.89. The molecular formula is C21H22Cl2F3NOTi. The average Bonchev–Trinajstić information content (AvgIpc) is 2.67. The second kappa shape index (κ2) is 11.4. The maximum atomic E-state index is 12.9. The van der Waals surface area contributed by atoms with Crippen LogP contribution in [0.2, 0.25) is 0 Å². The van der Waals surface area contributed by atoms with E-state index in [-0.39, 0.29) is 11.4 Å². The molecule has 8 heteroatoms. The topological polar surface area (TPSA) is 32.6 Å². The molecule has 0 bridgehead atoms. The summed E-state index contributed by atoms with van der Waals surface area (Å²) in [5, 5.41) is 10.6. The molecule has 1 N–H and O–H groups in total. The fourth-order valence-electron chi connectivity index (χ4n) is 3.57. The van der Waals surface area contributed by atoms with Gasteiger partial charge in [-0.2, -0.15) is 13.2 Å². The van der Waals surface area contributed by atoms with E-state index in [1.165, 1.54) is 12.6 Å². The van der Waals surface area contributed by atoms with Crippen LogP contribution in [0.5, 0.6) is 5.75 Å². The molecular weight excluding hydrogens is 458 g/mol. The van der Waals surface area contributed by atoms with E-state index < -0.39 is 28.8 Å². The summed E-state index contributed by atoms with van der Waals surface area (Å²) >= 11 is -0.556. The van der Waals surface area contributed by atoms with Gasteiger partial charge in [0, 0.05) is 11.8 Å². The minimum atomic E-state index is -4.40. The number of hydrogen-bond acceptors (Lipinski definition) is 2. The van der Waals surface area contributed by atoms with Gasteiger partial charge in [-0.1, -0.05) is 31.4 Å². The van der Waals surface area contributed by atoms with E-state index in [4.69, 9.17) is 18.6 Å². The Balaban J connectivity index is 0.000000941. The summed E-state index contributed by atoms with van der Waals surface area (Å²) in [6.45, 7) is 1.61. The van der Waals surface area contributed by atoms with Gasteiger partial charge in [-0.3, -0.25) is 4.99 Å². The summed E-state index contributed by atoms with van der Waals surface area (Å²) < 4.78 is 38.8. The zero-order chi connectivity index (χ0) is 21.4. The Bertz CT molecular complexity index is 837. The molecule has 0 saturated heterocycles. The Hall–Kier alpha value is -1.01. The molecule has 1 saturated carbocycles. The zero-order valence-electron chi connectivity index (χ0n) is 15.9. The number of rotatable bonds is 3. The number of halogens is 5. The van der Waals surface area contributed by atoms with E-state index >= 15 is 0 Å². The fraction of sp³-hybridized carbons (Fsp3) is 0.381. The molecule has 2 aromatic carbocycles. The average molecular weight is 480 g/mol. The first-order valence-corrected chi connectivity index (χ1v) is 13.6. The van der Waals surface area contributed by atoms with Crippen molar-refractivity contribution in [3.8, 4) is 5.75 Å². The Morgan fingerprint density at radius 2 is 1.76 bits per heavy atom. The monoisotopic (exact) mass is 479 g/mol. The number of nitrogens with zero attached hydrogens (tertiary/aromatic N) is 1. The van der Waals surface area contributed by atoms with Crippen LogP contribution >= 0.6 is 18.6 Å². The van der Waals surface area contributed by atoms with Crippen molar-refractivity contribution in [3.05, 3.63) is 58.7 Å². The van der Waals surface area contributed by atoms with E-state index in [1.54, 1.807) is 19.1 Å². The van der Waals surface area contributed by atoms with Crippen LogP contribution in [0.1, 0.15) is 60.3 Å². The second-order valence-corrected chi connectivity index (χ2v) is 9.58. The number of aromatic hydroxyl groups is 1. The SMILES string of the molecule is Cc1cc(N=Cc2cccc(C3CCCCC3)c2O)cc(C(F)(F)F)c1.[Cl][Ti][Cl]. The van der Waals surface area contributed by atoms with Gasteiger partial charge < -0.3 is 5.11 Å². The first-order valence-electron chi connectivity index (χ1n) is 9.27. The van der Waals surface area contributed by atoms with Gasteiger partial charge in [0.2, 0.25) is 0 Å². The second-order valence-electron chi connectivity index (χ2n) is 7.00. The zero-order valence-corrected chi connectivity index (χ0v) is 19.0. The van der Waals surface area contributed by atoms with Gasteiger partial charge in [-0.15, -0.1) is 0 Å². The van der Waals surface area contributed by atoms with Crippen molar-refractivity contribution >= 4 is 30.5 Å². The molecule has 156 valence electrons. The molecule has 0 atom stereocenters. The predicted molar refractivity (Wildman–Crippen MR) is 109 cm³/mol. The van der Waals surface area contributed by atoms with E-state index in [2.05, 4.69) is 4.99 Å². The number of para-hydroxylation sites is 1. The molecule has 0 aliphatic heterocycles. The third-order valence-electron chi connectivity index (χ3n) is 4.89. The van der Waals surface area contributed by atoms with Crippen LogP contribution in [-0.4, -0.2) is 11.3 Å². The molecule has 0 heterocycles. The Morgan fingerprint density at radius 1 is 1.10 bits per heavy atom. The van der Waals surface area contributed by atoms with Gasteiger partial charge in [0.1, 0.15) is 5.75 Å². The van der Waals surface area contributed by atoms with Gasteiger partial charge in [-0.25, -0.2) is 0 Å². The summed E-state index contributed by atoms with van der Waals surface area (Å²) in [5.41, 5.74) is 1.44. The number of alkyl halides is 3. The van der Waals surface area contributed by atoms with Crippen LogP contribution in [0.15, 0.2) is 41.4 Å². The molecule has 2 aromatic rings. The molecule has 0 aromatic heterocycles. The molecule has 0 radical (unpaired) electrons. The summed E-state index contributed by atoms with van der Waals surface area (Å²) in [7, 11) is 9.78. The molecule has 2 nitrogen and oxygen atoms in total. The van der Waals surface area contributed by atoms with Crippen LogP contribution in [0.25, 0.3) is 0 Å². The Morgan fingerprint density at radius 3 is 2.38 bits per heavy atom. The van der Waals surface area contributed by atoms with Crippen molar-refractivity contribution in [2.45, 2.75) is 51.1 Å². The quantitative estimate of drug-likeness (QED) is 0.352. The molecule has 3 rings (SSSR count). The Kier molecular flexibility index (Phi) is 9.54. The molecule has 0 amide bonds. The molecule has 1 fully saturated rings. The van der Waals surface area contributed by atoms with Gasteiger partial charge in [0.05, 0.1) is 11.3 Å². The molecule has 29 heavy (non-hydrogen) atoms. The fourth-order valence-corrected chi connectivity index (χ4v) is 3.57. The van der Waals surface area contributed by atoms with E-state index in [1.807, 2.05) is 12.1 Å². The van der Waals surface area contributed by atoms with Crippen LogP contribution in [-0.2, 0) is 23.2 Å². The number of hydrogen-bond donors (Lipinski definition) is 1. The summed E-state index contributed by atoms with van der Waals surface area (Å²) in [4.78, 5) is 4.17. The molecule has 0 unspecified atom stereocenters. The van der Waals surface area contributed by atoms with Crippen molar-refractivity contribution in [2.75, 3.05) is 0 Å². The summed E-state index contributed by atoms with van der Waals surface area (Å²) in [6.07, 6.45) is 2.70. The van der Waals surface area contributed by atoms with E-state index in [0.717, 1.165) is 43.4 Å². The minimum absolute atomic E-state index is 0.187. The number of aryl methyl sites for hydroxylation is 1. The third-order valence-corrected chi connectivity index (χ3v) is 4.89. The van der Waals surface area contributed by atoms with Crippen molar-refractivity contribution in [1.82, 2.24) is 0 Å². The number of phenolic OH excluding ortho intramolecular Hbond substituents is 1. The normalized spacial score (nSPS) is 15.1. The number of aliphatic imine (C=N–C) groups is 1. The van der Waals surface area contributed by atoms with Crippen LogP contribution in [0.4, 0.5) is 18.9 Å². The van der Waals surface area contributed by atoms with Crippen LogP contribution < -0.4 is 0 Å².